The van der Waals surface area contributed by atoms with Crippen molar-refractivity contribution in [2.75, 3.05) is 0 Å². The van der Waals surface area contributed by atoms with Gasteiger partial charge in [0.1, 0.15) is 11.5 Å². The zero-order valence-corrected chi connectivity index (χ0v) is 17.2. The van der Waals surface area contributed by atoms with Crippen molar-refractivity contribution in [1.82, 2.24) is 4.98 Å². The quantitative estimate of drug-likeness (QED) is 0.368. The Morgan fingerprint density at radius 1 is 0.931 bits per heavy atom. The van der Waals surface area contributed by atoms with Crippen LogP contribution in [-0.4, -0.2) is 15.2 Å². The summed E-state index contributed by atoms with van der Waals surface area (Å²) in [7, 11) is 0. The van der Waals surface area contributed by atoms with Crippen LogP contribution in [0.1, 0.15) is 17.2 Å². The van der Waals surface area contributed by atoms with E-state index in [2.05, 4.69) is 4.98 Å². The molecule has 0 amide bonds. The molecule has 0 fully saturated rings. The predicted molar refractivity (Wildman–Crippen MR) is 121 cm³/mol. The largest absolute Gasteiger partial charge is 0.508 e. The lowest BCUT2D eigenvalue weighted by atomic mass is 9.95. The Morgan fingerprint density at radius 3 is 2.31 bits per heavy atom. The summed E-state index contributed by atoms with van der Waals surface area (Å²) in [6.07, 6.45) is 2.28. The number of nitrogens with one attached hydrogen (secondary N) is 1. The number of rotatable bonds is 4. The molecule has 1 aromatic heterocycles. The van der Waals surface area contributed by atoms with E-state index in [1.165, 1.54) is 0 Å². The van der Waals surface area contributed by atoms with Gasteiger partial charge in [-0.2, -0.15) is 0 Å². The van der Waals surface area contributed by atoms with Crippen LogP contribution in [0.3, 0.4) is 0 Å². The van der Waals surface area contributed by atoms with Gasteiger partial charge in [0.05, 0.1) is 5.39 Å². The molecule has 1 unspecified atom stereocenters. The fourth-order valence-corrected chi connectivity index (χ4v) is 3.44. The second-order valence-corrected chi connectivity index (χ2v) is 6.83. The molecular weight excluding hydrogens is 432 g/mol. The lowest BCUT2D eigenvalue weighted by molar-refractivity contribution is 0.475. The third kappa shape index (κ3) is 4.18. The van der Waals surface area contributed by atoms with Gasteiger partial charge in [-0.1, -0.05) is 42.5 Å². The molecule has 0 radical (unpaired) electrons. The number of H-pyrrole nitrogens is 1. The Morgan fingerprint density at radius 2 is 1.62 bits per heavy atom. The first-order valence-electron chi connectivity index (χ1n) is 9.00. The number of aromatic nitrogens is 1. The van der Waals surface area contributed by atoms with Crippen LogP contribution in [0.5, 0.6) is 11.5 Å². The number of aromatic hydroxyl groups is 2. The van der Waals surface area contributed by atoms with Gasteiger partial charge in [-0.05, 0) is 47.4 Å². The molecule has 1 heterocycles. The van der Waals surface area contributed by atoms with Gasteiger partial charge in [0.2, 0.25) is 0 Å². The summed E-state index contributed by atoms with van der Waals surface area (Å²) in [4.78, 5) is 14.8. The summed E-state index contributed by atoms with van der Waals surface area (Å²) in [5, 5.41) is 20.6. The molecule has 1 atom stereocenters. The highest BCUT2D eigenvalue weighted by atomic mass is 79.9. The molecular formula is C23H21BrN2O3. The number of nitrogens with two attached hydrogens (primary N) is 1. The van der Waals surface area contributed by atoms with Crippen LogP contribution in [0.15, 0.2) is 77.7 Å². The Bertz CT molecular complexity index is 1190. The third-order valence-corrected chi connectivity index (χ3v) is 4.95. The average Bonchev–Trinajstić information content (AvgIpc) is 2.71. The molecule has 0 aliphatic heterocycles. The second kappa shape index (κ2) is 8.51. The fourth-order valence-electron chi connectivity index (χ4n) is 3.44. The average molecular weight is 453 g/mol. The summed E-state index contributed by atoms with van der Waals surface area (Å²) in [5.74, 6) is 0.310. The van der Waals surface area contributed by atoms with E-state index in [-0.39, 0.29) is 40.1 Å². The summed E-state index contributed by atoms with van der Waals surface area (Å²) < 4.78 is 0. The third-order valence-electron chi connectivity index (χ3n) is 4.95. The predicted octanol–water partition coefficient (Wildman–Crippen LogP) is 4.43. The zero-order valence-electron chi connectivity index (χ0n) is 15.5. The van der Waals surface area contributed by atoms with Crippen LogP contribution >= 0.6 is 17.0 Å². The van der Waals surface area contributed by atoms with E-state index in [1.807, 2.05) is 36.4 Å². The summed E-state index contributed by atoms with van der Waals surface area (Å²) in [6, 6.07) is 19.6. The van der Waals surface area contributed by atoms with Crippen molar-refractivity contribution in [1.29, 1.82) is 0 Å². The topological polar surface area (TPSA) is 99.3 Å². The van der Waals surface area contributed by atoms with Crippen molar-refractivity contribution in [3.63, 3.8) is 0 Å². The highest BCUT2D eigenvalue weighted by Crippen LogP contribution is 2.33. The van der Waals surface area contributed by atoms with Crippen LogP contribution in [0.25, 0.3) is 21.9 Å². The smallest absolute Gasteiger partial charge is 0.255 e. The Kier molecular flexibility index (Phi) is 6.06. The van der Waals surface area contributed by atoms with Gasteiger partial charge >= 0.3 is 0 Å². The first-order valence-corrected chi connectivity index (χ1v) is 9.00. The van der Waals surface area contributed by atoms with Gasteiger partial charge in [-0.15, -0.1) is 17.0 Å². The second-order valence-electron chi connectivity index (χ2n) is 6.83. The molecule has 3 aromatic carbocycles. The van der Waals surface area contributed by atoms with Crippen molar-refractivity contribution in [3.05, 3.63) is 94.4 Å². The SMILES string of the molecule is Br.NC(Cc1ccc(O)cc1)c1ccc(-c2c[nH]c(=O)c3cccc(O)c23)cc1. The van der Waals surface area contributed by atoms with Crippen molar-refractivity contribution in [2.45, 2.75) is 12.5 Å². The number of pyridine rings is 1. The minimum absolute atomic E-state index is 0. The summed E-state index contributed by atoms with van der Waals surface area (Å²) in [6.45, 7) is 0. The maximum atomic E-state index is 12.1. The Hall–Kier alpha value is -3.09. The lowest BCUT2D eigenvalue weighted by Crippen LogP contribution is -2.13. The lowest BCUT2D eigenvalue weighted by Gasteiger charge is -2.14. The normalized spacial score (nSPS) is 11.8. The Labute approximate surface area is 178 Å². The van der Waals surface area contributed by atoms with Crippen molar-refractivity contribution in [2.24, 2.45) is 5.73 Å². The monoisotopic (exact) mass is 452 g/mol. The van der Waals surface area contributed by atoms with Crippen LogP contribution in [-0.2, 0) is 6.42 Å². The fraction of sp³-hybridized carbons (Fsp3) is 0.0870. The van der Waals surface area contributed by atoms with E-state index < -0.39 is 0 Å². The first kappa shape index (κ1) is 20.6. The molecule has 0 saturated heterocycles. The number of halogens is 1. The molecule has 0 aliphatic carbocycles. The van der Waals surface area contributed by atoms with Gasteiger partial charge in [0.25, 0.3) is 5.56 Å². The molecule has 0 bridgehead atoms. The Balaban J connectivity index is 0.00000240. The first-order chi connectivity index (χ1) is 13.5. The minimum atomic E-state index is -0.234. The molecule has 6 heteroatoms. The number of benzene rings is 3. The highest BCUT2D eigenvalue weighted by Gasteiger charge is 2.12. The molecule has 29 heavy (non-hydrogen) atoms. The van der Waals surface area contributed by atoms with Gasteiger partial charge in [-0.25, -0.2) is 0 Å². The molecule has 0 saturated carbocycles. The van der Waals surface area contributed by atoms with Gasteiger partial charge in [-0.3, -0.25) is 4.79 Å². The maximum Gasteiger partial charge on any atom is 0.255 e. The van der Waals surface area contributed by atoms with Crippen molar-refractivity contribution in [3.8, 4) is 22.6 Å². The summed E-state index contributed by atoms with van der Waals surface area (Å²) in [5.41, 5.74) is 9.77. The minimum Gasteiger partial charge on any atom is -0.508 e. The standard InChI is InChI=1S/C23H20N2O3.BrH/c24-20(12-14-4-10-17(26)11-5-14)16-8-6-15(7-9-16)19-13-25-23(28)18-2-1-3-21(27)22(18)19;/h1-11,13,20,26-27H,12,24H2,(H,25,28);1H. The number of fused-ring (bicyclic) bond motifs is 1. The van der Waals surface area contributed by atoms with E-state index in [9.17, 15) is 15.0 Å². The van der Waals surface area contributed by atoms with E-state index in [0.717, 1.165) is 22.3 Å². The van der Waals surface area contributed by atoms with Crippen LogP contribution < -0.4 is 11.3 Å². The molecule has 4 aromatic rings. The van der Waals surface area contributed by atoms with Crippen molar-refractivity contribution >= 4 is 27.8 Å². The number of phenolic OH excluding ortho intramolecular Hbond substituents is 2. The highest BCUT2D eigenvalue weighted by molar-refractivity contribution is 8.93. The molecule has 0 spiro atoms. The van der Waals surface area contributed by atoms with E-state index >= 15 is 0 Å². The van der Waals surface area contributed by atoms with Gasteiger partial charge in [0, 0.05) is 23.2 Å². The number of hydrogen-bond acceptors (Lipinski definition) is 4. The van der Waals surface area contributed by atoms with Gasteiger partial charge < -0.3 is 20.9 Å². The molecule has 5 N–H and O–H groups in total. The molecule has 0 aliphatic rings. The van der Waals surface area contributed by atoms with E-state index in [0.29, 0.717) is 17.2 Å². The van der Waals surface area contributed by atoms with E-state index in [4.69, 9.17) is 5.73 Å². The molecule has 4 rings (SSSR count). The molecule has 5 nitrogen and oxygen atoms in total. The van der Waals surface area contributed by atoms with Gasteiger partial charge in [0.15, 0.2) is 0 Å². The van der Waals surface area contributed by atoms with Crippen molar-refractivity contribution < 1.29 is 10.2 Å². The number of hydrogen-bond donors (Lipinski definition) is 4. The van der Waals surface area contributed by atoms with Crippen LogP contribution in [0.2, 0.25) is 0 Å². The number of aromatic amines is 1. The van der Waals surface area contributed by atoms with Crippen LogP contribution in [0, 0.1) is 0 Å². The number of phenols is 2. The maximum absolute atomic E-state index is 12.1. The summed E-state index contributed by atoms with van der Waals surface area (Å²) >= 11 is 0. The van der Waals surface area contributed by atoms with Crippen LogP contribution in [0.4, 0.5) is 0 Å². The zero-order chi connectivity index (χ0) is 19.7. The van der Waals surface area contributed by atoms with E-state index in [1.54, 1.807) is 36.5 Å². The molecule has 148 valence electrons.